The molecule has 0 saturated carbocycles. The van der Waals surface area contributed by atoms with Gasteiger partial charge in [-0.25, -0.2) is 0 Å². The Balaban J connectivity index is 1.71. The Bertz CT molecular complexity index is 827. The van der Waals surface area contributed by atoms with E-state index in [2.05, 4.69) is 34.8 Å². The first kappa shape index (κ1) is 18.9. The molecular formula is C21H23IN2O2. The molecule has 0 aliphatic carbocycles. The molecule has 1 saturated heterocycles. The third-order valence-corrected chi connectivity index (χ3v) is 6.03. The number of carbonyl (C=O) groups is 2. The second kappa shape index (κ2) is 8.20. The Morgan fingerprint density at radius 2 is 1.81 bits per heavy atom. The summed E-state index contributed by atoms with van der Waals surface area (Å²) in [7, 11) is 0. The van der Waals surface area contributed by atoms with Crippen LogP contribution in [0.25, 0.3) is 0 Å². The lowest BCUT2D eigenvalue weighted by atomic mass is 9.98. The van der Waals surface area contributed by atoms with Crippen LogP contribution < -0.4 is 5.32 Å². The number of nitrogens with zero attached hydrogens (tertiary/aromatic N) is 1. The number of halogens is 1. The summed E-state index contributed by atoms with van der Waals surface area (Å²) in [6.45, 7) is 5.85. The van der Waals surface area contributed by atoms with Gasteiger partial charge in [0.05, 0.1) is 0 Å². The van der Waals surface area contributed by atoms with Gasteiger partial charge in [0.1, 0.15) is 0 Å². The van der Waals surface area contributed by atoms with E-state index in [1.807, 2.05) is 48.2 Å². The van der Waals surface area contributed by atoms with Gasteiger partial charge in [0.15, 0.2) is 0 Å². The monoisotopic (exact) mass is 462 g/mol. The average Bonchev–Trinajstić information content (AvgIpc) is 2.64. The van der Waals surface area contributed by atoms with Gasteiger partial charge in [0.2, 0.25) is 0 Å². The van der Waals surface area contributed by atoms with Crippen molar-refractivity contribution in [3.05, 3.63) is 62.7 Å². The quantitative estimate of drug-likeness (QED) is 0.671. The van der Waals surface area contributed by atoms with E-state index in [0.717, 1.165) is 35.1 Å². The number of likely N-dealkylation sites (tertiary alicyclic amines) is 1. The van der Waals surface area contributed by atoms with Crippen molar-refractivity contribution in [2.45, 2.75) is 26.7 Å². The lowest BCUT2D eigenvalue weighted by Gasteiger charge is -2.30. The summed E-state index contributed by atoms with van der Waals surface area (Å²) in [5.41, 5.74) is 3.02. The van der Waals surface area contributed by atoms with E-state index in [4.69, 9.17) is 0 Å². The third kappa shape index (κ3) is 4.44. The maximum atomic E-state index is 12.7. The minimum atomic E-state index is -0.167. The van der Waals surface area contributed by atoms with Gasteiger partial charge in [-0.1, -0.05) is 19.1 Å². The second-order valence-electron chi connectivity index (χ2n) is 6.97. The zero-order valence-corrected chi connectivity index (χ0v) is 17.2. The minimum absolute atomic E-state index is 0.0397. The summed E-state index contributed by atoms with van der Waals surface area (Å²) >= 11 is 2.22. The van der Waals surface area contributed by atoms with Gasteiger partial charge in [-0.3, -0.25) is 9.59 Å². The zero-order chi connectivity index (χ0) is 18.7. The smallest absolute Gasteiger partial charge is 0.255 e. The fourth-order valence-electron chi connectivity index (χ4n) is 3.06. The third-order valence-electron chi connectivity index (χ3n) is 4.87. The highest BCUT2D eigenvalue weighted by Crippen LogP contribution is 2.20. The van der Waals surface area contributed by atoms with E-state index in [-0.39, 0.29) is 11.8 Å². The molecular weight excluding hydrogens is 439 g/mol. The molecule has 1 aliphatic heterocycles. The molecule has 5 heteroatoms. The Morgan fingerprint density at radius 1 is 1.08 bits per heavy atom. The van der Waals surface area contributed by atoms with Gasteiger partial charge in [0, 0.05) is 33.5 Å². The topological polar surface area (TPSA) is 49.4 Å². The molecule has 3 rings (SSSR count). The predicted octanol–water partition coefficient (Wildman–Crippen LogP) is 4.72. The molecule has 2 aromatic rings. The van der Waals surface area contributed by atoms with Crippen molar-refractivity contribution in [1.82, 2.24) is 4.90 Å². The van der Waals surface area contributed by atoms with Crippen molar-refractivity contribution >= 4 is 40.1 Å². The predicted molar refractivity (Wildman–Crippen MR) is 113 cm³/mol. The lowest BCUT2D eigenvalue weighted by Crippen LogP contribution is -2.37. The number of benzene rings is 2. The van der Waals surface area contributed by atoms with Crippen molar-refractivity contribution < 1.29 is 9.59 Å². The van der Waals surface area contributed by atoms with E-state index >= 15 is 0 Å². The van der Waals surface area contributed by atoms with E-state index < -0.39 is 0 Å². The molecule has 1 aliphatic rings. The van der Waals surface area contributed by atoms with Crippen molar-refractivity contribution in [1.29, 1.82) is 0 Å². The largest absolute Gasteiger partial charge is 0.339 e. The van der Waals surface area contributed by atoms with Gasteiger partial charge in [0.25, 0.3) is 11.8 Å². The summed E-state index contributed by atoms with van der Waals surface area (Å²) in [6, 6.07) is 12.8. The van der Waals surface area contributed by atoms with Crippen molar-refractivity contribution in [3.63, 3.8) is 0 Å². The summed E-state index contributed by atoms with van der Waals surface area (Å²) in [5.74, 6) is 0.555. The molecule has 1 heterocycles. The zero-order valence-electron chi connectivity index (χ0n) is 15.1. The second-order valence-corrected chi connectivity index (χ2v) is 8.14. The average molecular weight is 462 g/mol. The number of hydrogen-bond acceptors (Lipinski definition) is 2. The lowest BCUT2D eigenvalue weighted by molar-refractivity contribution is 0.0697. The van der Waals surface area contributed by atoms with Crippen LogP contribution in [0.15, 0.2) is 42.5 Å². The number of amides is 2. The van der Waals surface area contributed by atoms with Gasteiger partial charge in [-0.2, -0.15) is 0 Å². The summed E-state index contributed by atoms with van der Waals surface area (Å²) in [4.78, 5) is 27.1. The number of anilines is 1. The molecule has 2 amide bonds. The van der Waals surface area contributed by atoms with Crippen LogP contribution in [0.2, 0.25) is 0 Å². The molecule has 0 aromatic heterocycles. The van der Waals surface area contributed by atoms with Crippen LogP contribution in [0.3, 0.4) is 0 Å². The highest BCUT2D eigenvalue weighted by Gasteiger charge is 2.21. The molecule has 1 N–H and O–H groups in total. The maximum Gasteiger partial charge on any atom is 0.255 e. The van der Waals surface area contributed by atoms with Gasteiger partial charge in [-0.15, -0.1) is 0 Å². The van der Waals surface area contributed by atoms with Crippen LogP contribution in [-0.4, -0.2) is 29.8 Å². The Labute approximate surface area is 168 Å². The Kier molecular flexibility index (Phi) is 5.96. The van der Waals surface area contributed by atoms with Crippen LogP contribution in [-0.2, 0) is 0 Å². The van der Waals surface area contributed by atoms with Crippen LogP contribution in [0, 0.1) is 16.4 Å². The number of hydrogen-bond donors (Lipinski definition) is 1. The number of nitrogens with one attached hydrogen (secondary N) is 1. The standard InChI is InChI=1S/C21H23IN2O2/c1-14-8-10-24(11-9-14)21(26)17-4-3-5-18(12-17)23-20(25)16-7-6-15(2)19(22)13-16/h3-7,12-14H,8-11H2,1-2H3,(H,23,25). The number of carbonyl (C=O) groups excluding carboxylic acids is 2. The Hall–Kier alpha value is -1.89. The molecule has 26 heavy (non-hydrogen) atoms. The van der Waals surface area contributed by atoms with E-state index in [0.29, 0.717) is 22.7 Å². The van der Waals surface area contributed by atoms with Crippen LogP contribution in [0.4, 0.5) is 5.69 Å². The maximum absolute atomic E-state index is 12.7. The normalized spacial score (nSPS) is 15.0. The fourth-order valence-corrected chi connectivity index (χ4v) is 3.58. The minimum Gasteiger partial charge on any atom is -0.339 e. The molecule has 2 aromatic carbocycles. The first-order chi connectivity index (χ1) is 12.4. The molecule has 136 valence electrons. The molecule has 0 bridgehead atoms. The summed E-state index contributed by atoms with van der Waals surface area (Å²) in [5, 5.41) is 2.90. The molecule has 1 fully saturated rings. The highest BCUT2D eigenvalue weighted by molar-refractivity contribution is 14.1. The molecule has 0 radical (unpaired) electrons. The number of piperidine rings is 1. The first-order valence-electron chi connectivity index (χ1n) is 8.91. The molecule has 0 atom stereocenters. The van der Waals surface area contributed by atoms with E-state index in [1.54, 1.807) is 6.07 Å². The Morgan fingerprint density at radius 3 is 2.50 bits per heavy atom. The summed E-state index contributed by atoms with van der Waals surface area (Å²) in [6.07, 6.45) is 2.10. The van der Waals surface area contributed by atoms with Crippen LogP contribution in [0.5, 0.6) is 0 Å². The van der Waals surface area contributed by atoms with Crippen LogP contribution in [0.1, 0.15) is 46.0 Å². The van der Waals surface area contributed by atoms with Crippen molar-refractivity contribution in [2.75, 3.05) is 18.4 Å². The van der Waals surface area contributed by atoms with Gasteiger partial charge in [-0.05, 0) is 84.2 Å². The molecule has 0 unspecified atom stereocenters. The van der Waals surface area contributed by atoms with E-state index in [9.17, 15) is 9.59 Å². The number of rotatable bonds is 3. The fraction of sp³-hybridized carbons (Fsp3) is 0.333. The van der Waals surface area contributed by atoms with Crippen LogP contribution >= 0.6 is 22.6 Å². The summed E-state index contributed by atoms with van der Waals surface area (Å²) < 4.78 is 1.05. The number of aryl methyl sites for hydroxylation is 1. The SMILES string of the molecule is Cc1ccc(C(=O)Nc2cccc(C(=O)N3CCC(C)CC3)c2)cc1I. The van der Waals surface area contributed by atoms with Crippen molar-refractivity contribution in [3.8, 4) is 0 Å². The highest BCUT2D eigenvalue weighted by atomic mass is 127. The van der Waals surface area contributed by atoms with Gasteiger partial charge >= 0.3 is 0 Å². The first-order valence-corrected chi connectivity index (χ1v) is 9.99. The van der Waals surface area contributed by atoms with E-state index in [1.165, 1.54) is 0 Å². The van der Waals surface area contributed by atoms with Gasteiger partial charge < -0.3 is 10.2 Å². The van der Waals surface area contributed by atoms with Crippen molar-refractivity contribution in [2.24, 2.45) is 5.92 Å². The molecule has 0 spiro atoms. The molecule has 4 nitrogen and oxygen atoms in total.